The standard InChI is InChI=1S/C21H25N4O3.C3H7.CH3.K/c1-2-25-19(8-9-22-25)15-6-7-17-14(10-15)4-3-5-18(17)23-21(28)20-11-16(27)12-24(20)13-26;1-3-2;;/h6-10,16,18,20,27H,2-5,11-12H2,1H3,(H,23,28);3H,1-2H3;1H3;/q3*-1;+1. The first-order valence-electron chi connectivity index (χ1n) is 11.0. The number of benzene rings is 1. The fourth-order valence-corrected chi connectivity index (χ4v) is 4.38. The Labute approximate surface area is 240 Å². The first-order chi connectivity index (χ1) is 15.0. The first-order valence-corrected chi connectivity index (χ1v) is 11.0. The fourth-order valence-electron chi connectivity index (χ4n) is 4.38. The topological polar surface area (TPSA) is 87.5 Å². The van der Waals surface area contributed by atoms with Gasteiger partial charge in [-0.15, -0.1) is 0 Å². The molecule has 1 aliphatic heterocycles. The summed E-state index contributed by atoms with van der Waals surface area (Å²) in [5, 5.41) is 17.2. The Hall–Kier alpha value is -1.03. The third-order valence-corrected chi connectivity index (χ3v) is 5.78. The van der Waals surface area contributed by atoms with E-state index in [1.54, 1.807) is 6.41 Å². The zero-order valence-electron chi connectivity index (χ0n) is 20.5. The second kappa shape index (κ2) is 14.4. The van der Waals surface area contributed by atoms with Crippen LogP contribution in [0.1, 0.15) is 57.2 Å². The van der Waals surface area contributed by atoms with Gasteiger partial charge in [0.05, 0.1) is 23.9 Å². The van der Waals surface area contributed by atoms with Gasteiger partial charge in [-0.3, -0.25) is 9.48 Å². The molecule has 2 heterocycles. The molecule has 0 spiro atoms. The minimum atomic E-state index is -0.665. The summed E-state index contributed by atoms with van der Waals surface area (Å²) in [4.78, 5) is 25.0. The molecule has 0 bridgehead atoms. The number of nitrogens with one attached hydrogen (secondary N) is 1. The van der Waals surface area contributed by atoms with Crippen molar-refractivity contribution in [2.45, 2.75) is 71.2 Å². The summed E-state index contributed by atoms with van der Waals surface area (Å²) in [7, 11) is 0. The van der Waals surface area contributed by atoms with Crippen LogP contribution in [-0.2, 0) is 22.6 Å². The second-order valence-corrected chi connectivity index (χ2v) is 8.13. The van der Waals surface area contributed by atoms with E-state index >= 15 is 0 Å². The summed E-state index contributed by atoms with van der Waals surface area (Å²) < 4.78 is 1.97. The summed E-state index contributed by atoms with van der Waals surface area (Å²) in [6, 6.07) is 7.67. The molecular weight excluding hydrogens is 443 g/mol. The van der Waals surface area contributed by atoms with Gasteiger partial charge in [0.2, 0.25) is 5.91 Å². The van der Waals surface area contributed by atoms with Crippen LogP contribution < -0.4 is 56.7 Å². The predicted octanol–water partition coefficient (Wildman–Crippen LogP) is 0.251. The summed E-state index contributed by atoms with van der Waals surface area (Å²) >= 11 is 0. The van der Waals surface area contributed by atoms with E-state index in [1.165, 1.54) is 10.5 Å². The number of carbonyl (C=O) groups is 1. The van der Waals surface area contributed by atoms with Crippen molar-refractivity contribution in [3.63, 3.8) is 0 Å². The van der Waals surface area contributed by atoms with Crippen LogP contribution in [0.4, 0.5) is 0 Å². The Kier molecular flexibility index (Phi) is 13.1. The average molecular weight is 479 g/mol. The zero-order valence-corrected chi connectivity index (χ0v) is 23.7. The molecule has 4 rings (SSSR count). The van der Waals surface area contributed by atoms with Gasteiger partial charge in [-0.2, -0.15) is 25.4 Å². The molecule has 0 radical (unpaired) electrons. The first kappa shape index (κ1) is 30.0. The number of hydrogen-bond acceptors (Lipinski definition) is 4. The van der Waals surface area contributed by atoms with Crippen molar-refractivity contribution in [3.8, 4) is 11.3 Å². The average Bonchev–Trinajstić information content (AvgIpc) is 3.40. The van der Waals surface area contributed by atoms with Gasteiger partial charge < -0.3 is 34.0 Å². The molecule has 3 atom stereocenters. The number of aryl methyl sites for hydroxylation is 2. The van der Waals surface area contributed by atoms with E-state index in [-0.39, 0.29) is 83.7 Å². The molecule has 1 saturated heterocycles. The smallest absolute Gasteiger partial charge is 0.520 e. The second-order valence-electron chi connectivity index (χ2n) is 8.13. The van der Waals surface area contributed by atoms with Crippen LogP contribution in [0.15, 0.2) is 30.5 Å². The molecule has 0 saturated carbocycles. The molecule has 33 heavy (non-hydrogen) atoms. The molecule has 2 amide bonds. The maximum Gasteiger partial charge on any atom is 1.00 e. The van der Waals surface area contributed by atoms with Crippen LogP contribution in [0.5, 0.6) is 0 Å². The van der Waals surface area contributed by atoms with E-state index in [1.807, 2.05) is 37.2 Å². The number of β-amino-alcohol motifs (C(OH)–C–C–N with tert-alkyl or cyclic N) is 1. The van der Waals surface area contributed by atoms with Crippen LogP contribution in [0.25, 0.3) is 11.3 Å². The zero-order chi connectivity index (χ0) is 22.4. The number of hydrogen-bond donors (Lipinski definition) is 2. The maximum absolute atomic E-state index is 12.7. The molecule has 1 fully saturated rings. The Morgan fingerprint density at radius 1 is 1.33 bits per heavy atom. The number of aliphatic hydroxyl groups excluding tert-OH is 1. The van der Waals surface area contributed by atoms with E-state index in [2.05, 4.69) is 35.5 Å². The quantitative estimate of drug-likeness (QED) is 0.477. The summed E-state index contributed by atoms with van der Waals surface area (Å²) in [5.74, 6) is -0.217. The molecule has 3 unspecified atom stereocenters. The minimum Gasteiger partial charge on any atom is -0.520 e. The Morgan fingerprint density at radius 3 is 2.73 bits per heavy atom. The van der Waals surface area contributed by atoms with Crippen molar-refractivity contribution in [1.29, 1.82) is 0 Å². The van der Waals surface area contributed by atoms with Crippen LogP contribution >= 0.6 is 0 Å². The number of aliphatic hydroxyl groups is 1. The third kappa shape index (κ3) is 7.23. The molecule has 1 aromatic heterocycles. The van der Waals surface area contributed by atoms with Crippen molar-refractivity contribution < 1.29 is 66.1 Å². The van der Waals surface area contributed by atoms with Gasteiger partial charge in [-0.05, 0) is 49.4 Å². The van der Waals surface area contributed by atoms with Gasteiger partial charge in [0.25, 0.3) is 0 Å². The van der Waals surface area contributed by atoms with Gasteiger partial charge in [0, 0.05) is 31.3 Å². The number of fused-ring (bicyclic) bond motifs is 1. The molecule has 8 heteroatoms. The van der Waals surface area contributed by atoms with Crippen LogP contribution in [0.3, 0.4) is 0 Å². The molecule has 2 aliphatic rings. The number of amides is 2. The van der Waals surface area contributed by atoms with Gasteiger partial charge in [0.15, 0.2) is 0 Å². The van der Waals surface area contributed by atoms with E-state index < -0.39 is 12.1 Å². The third-order valence-electron chi connectivity index (χ3n) is 5.78. The molecule has 2 aromatic rings. The number of nitrogens with zero attached hydrogens (tertiary/aromatic N) is 3. The Morgan fingerprint density at radius 2 is 2.06 bits per heavy atom. The van der Waals surface area contributed by atoms with Crippen LogP contribution in [-0.4, -0.2) is 50.8 Å². The van der Waals surface area contributed by atoms with Gasteiger partial charge in [-0.25, -0.2) is 0 Å². The normalized spacial score (nSPS) is 21.0. The predicted molar refractivity (Wildman–Crippen MR) is 126 cm³/mol. The SMILES string of the molecule is CCn1nccc1-c1ccc2c(c1)CCCC2NC(=O)C1CC(O)CN1[C-]=O.C[CH-]C.[CH3-].[K+]. The van der Waals surface area contributed by atoms with Crippen molar-refractivity contribution in [2.24, 2.45) is 0 Å². The molecule has 1 aliphatic carbocycles. The molecule has 2 N–H and O–H groups in total. The number of rotatable bonds is 5. The number of carbonyl (C=O) groups excluding carboxylic acids is 2. The summed E-state index contributed by atoms with van der Waals surface area (Å²) in [6.45, 7) is 7.05. The molecule has 1 aromatic carbocycles. The molecule has 176 valence electrons. The Balaban J connectivity index is 0.00000103. The molecular formula is C25H35KN4O3-2. The minimum absolute atomic E-state index is 0. The van der Waals surface area contributed by atoms with Crippen LogP contribution in [0, 0.1) is 13.8 Å². The van der Waals surface area contributed by atoms with E-state index in [4.69, 9.17) is 0 Å². The number of aromatic nitrogens is 2. The Bertz CT molecular complexity index is 902. The fraction of sp³-hybridized carbons (Fsp3) is 0.480. The van der Waals surface area contributed by atoms with Crippen LogP contribution in [0.2, 0.25) is 0 Å². The molecule has 7 nitrogen and oxygen atoms in total. The van der Waals surface area contributed by atoms with Gasteiger partial charge in [0.1, 0.15) is 0 Å². The van der Waals surface area contributed by atoms with E-state index in [0.717, 1.165) is 42.6 Å². The van der Waals surface area contributed by atoms with Gasteiger partial charge >= 0.3 is 51.4 Å². The number of likely N-dealkylation sites (tertiary alicyclic amines) is 1. The van der Waals surface area contributed by atoms with Crippen molar-refractivity contribution in [3.05, 3.63) is 55.4 Å². The summed E-state index contributed by atoms with van der Waals surface area (Å²) in [6.07, 6.45) is 8.02. The maximum atomic E-state index is 12.7. The monoisotopic (exact) mass is 478 g/mol. The van der Waals surface area contributed by atoms with Gasteiger partial charge in [-0.1, -0.05) is 12.1 Å². The van der Waals surface area contributed by atoms with Crippen molar-refractivity contribution >= 4 is 12.3 Å². The van der Waals surface area contributed by atoms with Crippen molar-refractivity contribution in [1.82, 2.24) is 20.0 Å². The largest absolute Gasteiger partial charge is 1.00 e. The van der Waals surface area contributed by atoms with E-state index in [9.17, 15) is 14.7 Å². The van der Waals surface area contributed by atoms with E-state index in [0.29, 0.717) is 0 Å². The summed E-state index contributed by atoms with van der Waals surface area (Å²) in [5.41, 5.74) is 4.59. The van der Waals surface area contributed by atoms with Crippen molar-refractivity contribution in [2.75, 3.05) is 6.54 Å².